The van der Waals surface area contributed by atoms with Gasteiger partial charge in [0.05, 0.1) is 23.8 Å². The normalized spacial score (nSPS) is 10.6. The van der Waals surface area contributed by atoms with Crippen LogP contribution in [0.3, 0.4) is 0 Å². The molecule has 2 aromatic rings. The maximum absolute atomic E-state index is 13.5. The summed E-state index contributed by atoms with van der Waals surface area (Å²) in [5.41, 5.74) is 1.58. The number of rotatable bonds is 4. The van der Waals surface area contributed by atoms with Crippen molar-refractivity contribution in [3.63, 3.8) is 0 Å². The van der Waals surface area contributed by atoms with Gasteiger partial charge in [0.25, 0.3) is 0 Å². The average Bonchev–Trinajstić information content (AvgIpc) is 2.85. The summed E-state index contributed by atoms with van der Waals surface area (Å²) in [5, 5.41) is 7.78. The fourth-order valence-corrected chi connectivity index (χ4v) is 2.29. The zero-order valence-corrected chi connectivity index (χ0v) is 12.6. The molecule has 0 aliphatic carbocycles. The maximum Gasteiger partial charge on any atom is 0.360 e. The van der Waals surface area contributed by atoms with E-state index < -0.39 is 5.97 Å². The molecule has 0 saturated heterocycles. The molecule has 0 unspecified atom stereocenters. The second-order valence-electron chi connectivity index (χ2n) is 4.10. The fraction of sp³-hybridized carbons (Fsp3) is 0.308. The van der Waals surface area contributed by atoms with Crippen molar-refractivity contribution in [1.29, 1.82) is 0 Å². The fourth-order valence-electron chi connectivity index (χ4n) is 1.90. The Hall–Kier alpha value is -1.76. The first-order valence-corrected chi connectivity index (χ1v) is 6.81. The summed E-state index contributed by atoms with van der Waals surface area (Å²) in [6.45, 7) is 2.22. The van der Waals surface area contributed by atoms with E-state index in [1.165, 1.54) is 13.2 Å². The molecule has 0 aliphatic heterocycles. The highest BCUT2D eigenvalue weighted by molar-refractivity contribution is 9.10. The first-order valence-electron chi connectivity index (χ1n) is 6.02. The third kappa shape index (κ3) is 2.72. The SMILES string of the molecule is CCc1c(C(=O)OC)nnn1Cc1cccc(F)c1Br. The van der Waals surface area contributed by atoms with Crippen LogP contribution in [0.15, 0.2) is 22.7 Å². The lowest BCUT2D eigenvalue weighted by Crippen LogP contribution is -2.10. The molecule has 0 amide bonds. The van der Waals surface area contributed by atoms with Gasteiger partial charge >= 0.3 is 5.97 Å². The summed E-state index contributed by atoms with van der Waals surface area (Å²) in [6, 6.07) is 4.78. The first-order chi connectivity index (χ1) is 9.58. The first kappa shape index (κ1) is 14.6. The van der Waals surface area contributed by atoms with Gasteiger partial charge in [-0.2, -0.15) is 0 Å². The van der Waals surface area contributed by atoms with Crippen molar-refractivity contribution in [3.05, 3.63) is 45.4 Å². The van der Waals surface area contributed by atoms with Crippen LogP contribution in [0.25, 0.3) is 0 Å². The lowest BCUT2D eigenvalue weighted by Gasteiger charge is -2.08. The van der Waals surface area contributed by atoms with Crippen LogP contribution in [0.5, 0.6) is 0 Å². The zero-order valence-electron chi connectivity index (χ0n) is 11.1. The molecular formula is C13H13BrFN3O2. The predicted molar refractivity (Wildman–Crippen MR) is 73.9 cm³/mol. The number of esters is 1. The lowest BCUT2D eigenvalue weighted by molar-refractivity contribution is 0.0592. The number of carbonyl (C=O) groups excluding carboxylic acids is 1. The van der Waals surface area contributed by atoms with Crippen LogP contribution in [-0.4, -0.2) is 28.1 Å². The van der Waals surface area contributed by atoms with Crippen molar-refractivity contribution in [2.24, 2.45) is 0 Å². The van der Waals surface area contributed by atoms with Gasteiger partial charge < -0.3 is 4.74 Å². The van der Waals surface area contributed by atoms with E-state index in [1.54, 1.807) is 16.8 Å². The van der Waals surface area contributed by atoms with Crippen LogP contribution in [0.4, 0.5) is 4.39 Å². The topological polar surface area (TPSA) is 57.0 Å². The van der Waals surface area contributed by atoms with Gasteiger partial charge in [-0.15, -0.1) is 5.10 Å². The molecule has 2 rings (SSSR count). The highest BCUT2D eigenvalue weighted by Gasteiger charge is 2.19. The molecule has 0 aliphatic rings. The lowest BCUT2D eigenvalue weighted by atomic mass is 10.2. The molecule has 0 fully saturated rings. The highest BCUT2D eigenvalue weighted by Crippen LogP contribution is 2.22. The number of benzene rings is 1. The maximum atomic E-state index is 13.5. The number of hydrogen-bond acceptors (Lipinski definition) is 4. The Balaban J connectivity index is 2.37. The Morgan fingerprint density at radius 1 is 1.50 bits per heavy atom. The molecular weight excluding hydrogens is 329 g/mol. The van der Waals surface area contributed by atoms with Gasteiger partial charge in [-0.25, -0.2) is 13.9 Å². The van der Waals surface area contributed by atoms with Gasteiger partial charge in [-0.05, 0) is 34.0 Å². The Bertz CT molecular complexity index is 643. The molecule has 7 heteroatoms. The summed E-state index contributed by atoms with van der Waals surface area (Å²) in [6.07, 6.45) is 0.574. The molecule has 0 bridgehead atoms. The number of halogens is 2. The van der Waals surface area contributed by atoms with Crippen molar-refractivity contribution < 1.29 is 13.9 Å². The quantitative estimate of drug-likeness (QED) is 0.802. The van der Waals surface area contributed by atoms with Gasteiger partial charge in [-0.3, -0.25) is 0 Å². The summed E-state index contributed by atoms with van der Waals surface area (Å²) < 4.78 is 20.1. The minimum Gasteiger partial charge on any atom is -0.464 e. The van der Waals surface area contributed by atoms with Gasteiger partial charge in [-0.1, -0.05) is 24.3 Å². The minimum atomic E-state index is -0.522. The van der Waals surface area contributed by atoms with Crippen LogP contribution in [0.2, 0.25) is 0 Å². The van der Waals surface area contributed by atoms with Gasteiger partial charge in [0.2, 0.25) is 0 Å². The van der Waals surface area contributed by atoms with E-state index in [-0.39, 0.29) is 11.5 Å². The molecule has 1 aromatic carbocycles. The Kier molecular flexibility index (Phi) is 4.49. The molecule has 1 aromatic heterocycles. The van der Waals surface area contributed by atoms with Crippen LogP contribution in [0.1, 0.15) is 28.7 Å². The molecule has 0 N–H and O–H groups in total. The largest absolute Gasteiger partial charge is 0.464 e. The van der Waals surface area contributed by atoms with Crippen LogP contribution in [0, 0.1) is 5.82 Å². The number of carbonyl (C=O) groups is 1. The van der Waals surface area contributed by atoms with E-state index in [2.05, 4.69) is 31.0 Å². The van der Waals surface area contributed by atoms with E-state index in [0.29, 0.717) is 23.1 Å². The molecule has 106 valence electrons. The van der Waals surface area contributed by atoms with Crippen molar-refractivity contribution in [3.8, 4) is 0 Å². The number of methoxy groups -OCH3 is 1. The highest BCUT2D eigenvalue weighted by atomic mass is 79.9. The van der Waals surface area contributed by atoms with E-state index in [1.807, 2.05) is 6.92 Å². The molecule has 5 nitrogen and oxygen atoms in total. The van der Waals surface area contributed by atoms with Gasteiger partial charge in [0.1, 0.15) is 5.82 Å². The third-order valence-corrected chi connectivity index (χ3v) is 3.79. The number of aromatic nitrogens is 3. The molecule has 0 radical (unpaired) electrons. The average molecular weight is 342 g/mol. The summed E-state index contributed by atoms with van der Waals surface area (Å²) >= 11 is 3.21. The third-order valence-electron chi connectivity index (χ3n) is 2.90. The van der Waals surface area contributed by atoms with E-state index >= 15 is 0 Å². The molecule has 20 heavy (non-hydrogen) atoms. The number of ether oxygens (including phenoxy) is 1. The second kappa shape index (κ2) is 6.13. The standard InChI is InChI=1S/C13H13BrFN3O2/c1-3-10-12(13(19)20-2)16-17-18(10)7-8-5-4-6-9(15)11(8)14/h4-6H,3,7H2,1-2H3. The molecule has 1 heterocycles. The predicted octanol–water partition coefficient (Wildman–Crippen LogP) is 2.58. The van der Waals surface area contributed by atoms with Crippen molar-refractivity contribution in [2.45, 2.75) is 19.9 Å². The van der Waals surface area contributed by atoms with Crippen molar-refractivity contribution in [2.75, 3.05) is 7.11 Å². The number of hydrogen-bond donors (Lipinski definition) is 0. The Labute approximate surface area is 123 Å². The smallest absolute Gasteiger partial charge is 0.360 e. The van der Waals surface area contributed by atoms with E-state index in [0.717, 1.165) is 5.56 Å². The second-order valence-corrected chi connectivity index (χ2v) is 4.89. The van der Waals surface area contributed by atoms with Gasteiger partial charge in [0.15, 0.2) is 5.69 Å². The van der Waals surface area contributed by atoms with E-state index in [9.17, 15) is 9.18 Å². The van der Waals surface area contributed by atoms with Crippen LogP contribution < -0.4 is 0 Å². The Morgan fingerprint density at radius 3 is 2.90 bits per heavy atom. The van der Waals surface area contributed by atoms with Crippen LogP contribution in [-0.2, 0) is 17.7 Å². The molecule has 0 saturated carbocycles. The zero-order chi connectivity index (χ0) is 14.7. The minimum absolute atomic E-state index is 0.197. The summed E-state index contributed by atoms with van der Waals surface area (Å²) in [5.74, 6) is -0.861. The summed E-state index contributed by atoms with van der Waals surface area (Å²) in [7, 11) is 1.30. The Morgan fingerprint density at radius 2 is 2.25 bits per heavy atom. The number of nitrogens with zero attached hydrogens (tertiary/aromatic N) is 3. The molecule has 0 atom stereocenters. The van der Waals surface area contributed by atoms with Crippen LogP contribution >= 0.6 is 15.9 Å². The van der Waals surface area contributed by atoms with E-state index in [4.69, 9.17) is 0 Å². The van der Waals surface area contributed by atoms with Crippen molar-refractivity contribution >= 4 is 21.9 Å². The monoisotopic (exact) mass is 341 g/mol. The van der Waals surface area contributed by atoms with Crippen molar-refractivity contribution in [1.82, 2.24) is 15.0 Å². The molecule has 0 spiro atoms. The van der Waals surface area contributed by atoms with Gasteiger partial charge in [0, 0.05) is 0 Å². The summed E-state index contributed by atoms with van der Waals surface area (Å²) in [4.78, 5) is 11.6.